The fraction of sp³-hybridized carbons (Fsp3) is 0.300. The molecule has 0 spiro atoms. The molecule has 18 heavy (non-hydrogen) atoms. The van der Waals surface area contributed by atoms with Gasteiger partial charge in [0.05, 0.1) is 12.8 Å². The van der Waals surface area contributed by atoms with Crippen molar-refractivity contribution in [3.63, 3.8) is 0 Å². The van der Waals surface area contributed by atoms with E-state index in [1.165, 1.54) is 13.2 Å². The lowest BCUT2D eigenvalue weighted by Crippen LogP contribution is -2.21. The maximum absolute atomic E-state index is 12.1. The molecule has 0 saturated heterocycles. The standard InChI is InChI=1S/C10H9F4NO3/c1-17-5-2-3-7(18-10(13)14)6(4-5)15-9(16)8(11)12/h2-4,8,10H,1H3,(H,15,16). The Morgan fingerprint density at radius 1 is 1.28 bits per heavy atom. The van der Waals surface area contributed by atoms with E-state index in [1.54, 1.807) is 5.32 Å². The van der Waals surface area contributed by atoms with Crippen LogP contribution >= 0.6 is 0 Å². The summed E-state index contributed by atoms with van der Waals surface area (Å²) >= 11 is 0. The molecular weight excluding hydrogens is 258 g/mol. The van der Waals surface area contributed by atoms with Gasteiger partial charge in [-0.2, -0.15) is 17.6 Å². The number of halogens is 4. The van der Waals surface area contributed by atoms with Crippen molar-refractivity contribution in [2.24, 2.45) is 0 Å². The number of methoxy groups -OCH3 is 1. The summed E-state index contributed by atoms with van der Waals surface area (Å²) < 4.78 is 57.1. The predicted molar refractivity (Wildman–Crippen MR) is 54.3 cm³/mol. The number of hydrogen-bond acceptors (Lipinski definition) is 3. The molecule has 0 aliphatic heterocycles. The maximum atomic E-state index is 12.1. The molecule has 0 aliphatic rings. The second-order valence-corrected chi connectivity index (χ2v) is 3.03. The van der Waals surface area contributed by atoms with Crippen LogP contribution in [0.15, 0.2) is 18.2 Å². The van der Waals surface area contributed by atoms with Crippen molar-refractivity contribution in [1.82, 2.24) is 0 Å². The van der Waals surface area contributed by atoms with Gasteiger partial charge in [0.15, 0.2) is 0 Å². The van der Waals surface area contributed by atoms with Crippen LogP contribution in [0.1, 0.15) is 0 Å². The Morgan fingerprint density at radius 3 is 2.44 bits per heavy atom. The van der Waals surface area contributed by atoms with Gasteiger partial charge in [-0.1, -0.05) is 0 Å². The molecule has 1 rings (SSSR count). The van der Waals surface area contributed by atoms with E-state index in [4.69, 9.17) is 4.74 Å². The third-order valence-electron chi connectivity index (χ3n) is 1.86. The van der Waals surface area contributed by atoms with Gasteiger partial charge in [-0.15, -0.1) is 0 Å². The fourth-order valence-corrected chi connectivity index (χ4v) is 1.12. The van der Waals surface area contributed by atoms with E-state index in [1.807, 2.05) is 0 Å². The minimum Gasteiger partial charge on any atom is -0.497 e. The van der Waals surface area contributed by atoms with Gasteiger partial charge < -0.3 is 14.8 Å². The summed E-state index contributed by atoms with van der Waals surface area (Å²) in [6.07, 6.45) is -3.27. The minimum absolute atomic E-state index is 0.196. The lowest BCUT2D eigenvalue weighted by atomic mass is 10.2. The third-order valence-corrected chi connectivity index (χ3v) is 1.86. The largest absolute Gasteiger partial charge is 0.497 e. The normalized spacial score (nSPS) is 10.6. The first-order valence-corrected chi connectivity index (χ1v) is 4.66. The Balaban J connectivity index is 2.99. The molecule has 1 N–H and O–H groups in total. The van der Waals surface area contributed by atoms with E-state index in [0.29, 0.717) is 0 Å². The number of amides is 1. The fourth-order valence-electron chi connectivity index (χ4n) is 1.12. The molecular formula is C10H9F4NO3. The topological polar surface area (TPSA) is 47.6 Å². The molecule has 0 bridgehead atoms. The van der Waals surface area contributed by atoms with Crippen LogP contribution in [-0.2, 0) is 4.79 Å². The number of rotatable bonds is 5. The number of ether oxygens (including phenoxy) is 2. The van der Waals surface area contributed by atoms with E-state index in [9.17, 15) is 22.4 Å². The first-order chi connectivity index (χ1) is 8.43. The van der Waals surface area contributed by atoms with Crippen LogP contribution in [-0.4, -0.2) is 26.1 Å². The van der Waals surface area contributed by atoms with Crippen LogP contribution in [0.2, 0.25) is 0 Å². The van der Waals surface area contributed by atoms with Crippen molar-refractivity contribution in [2.75, 3.05) is 12.4 Å². The molecule has 0 unspecified atom stereocenters. The van der Waals surface area contributed by atoms with Gasteiger partial charge in [-0.05, 0) is 12.1 Å². The van der Waals surface area contributed by atoms with Crippen LogP contribution in [0.25, 0.3) is 0 Å². The minimum atomic E-state index is -3.27. The van der Waals surface area contributed by atoms with Crippen LogP contribution in [0, 0.1) is 0 Å². The highest BCUT2D eigenvalue weighted by Crippen LogP contribution is 2.30. The monoisotopic (exact) mass is 267 g/mol. The van der Waals surface area contributed by atoms with Gasteiger partial charge in [-0.3, -0.25) is 4.79 Å². The number of carbonyl (C=O) groups excluding carboxylic acids is 1. The molecule has 4 nitrogen and oxygen atoms in total. The highest BCUT2D eigenvalue weighted by molar-refractivity contribution is 5.94. The number of hydrogen-bond donors (Lipinski definition) is 1. The molecule has 1 amide bonds. The summed E-state index contributed by atoms with van der Waals surface area (Å²) in [6.45, 7) is -3.14. The van der Waals surface area contributed by atoms with E-state index >= 15 is 0 Å². The summed E-state index contributed by atoms with van der Waals surface area (Å²) in [4.78, 5) is 10.8. The van der Waals surface area contributed by atoms with Crippen LogP contribution in [0.4, 0.5) is 23.2 Å². The quantitative estimate of drug-likeness (QED) is 0.834. The second kappa shape index (κ2) is 6.08. The average molecular weight is 267 g/mol. The number of alkyl halides is 4. The van der Waals surface area contributed by atoms with Gasteiger partial charge in [0.25, 0.3) is 5.91 Å². The highest BCUT2D eigenvalue weighted by Gasteiger charge is 2.19. The molecule has 0 aliphatic carbocycles. The molecule has 0 saturated carbocycles. The molecule has 1 aromatic carbocycles. The van der Waals surface area contributed by atoms with E-state index in [2.05, 4.69) is 4.74 Å². The van der Waals surface area contributed by atoms with Crippen molar-refractivity contribution in [1.29, 1.82) is 0 Å². The Hall–Kier alpha value is -1.99. The Bertz CT molecular complexity index is 426. The van der Waals surface area contributed by atoms with Crippen molar-refractivity contribution < 1.29 is 31.8 Å². The smallest absolute Gasteiger partial charge is 0.387 e. The van der Waals surface area contributed by atoms with E-state index in [-0.39, 0.29) is 11.4 Å². The summed E-state index contributed by atoms with van der Waals surface area (Å²) in [5.41, 5.74) is -0.319. The lowest BCUT2D eigenvalue weighted by molar-refractivity contribution is -0.126. The number of carbonyl (C=O) groups is 1. The Kier molecular flexibility index (Phi) is 4.75. The van der Waals surface area contributed by atoms with Gasteiger partial charge in [0.2, 0.25) is 0 Å². The molecule has 1 aromatic rings. The summed E-state index contributed by atoms with van der Waals surface area (Å²) in [5, 5.41) is 1.76. The first kappa shape index (κ1) is 14.1. The Morgan fingerprint density at radius 2 is 1.94 bits per heavy atom. The zero-order chi connectivity index (χ0) is 13.7. The third kappa shape index (κ3) is 3.79. The number of nitrogens with one attached hydrogen (secondary N) is 1. The van der Waals surface area contributed by atoms with Crippen molar-refractivity contribution in [3.8, 4) is 11.5 Å². The zero-order valence-electron chi connectivity index (χ0n) is 9.12. The molecule has 0 atom stereocenters. The zero-order valence-corrected chi connectivity index (χ0v) is 9.12. The predicted octanol–water partition coefficient (Wildman–Crippen LogP) is 2.50. The number of anilines is 1. The van der Waals surface area contributed by atoms with Gasteiger partial charge in [0.1, 0.15) is 11.5 Å². The van der Waals surface area contributed by atoms with Crippen LogP contribution in [0.5, 0.6) is 11.5 Å². The Labute approximate surface area is 99.5 Å². The van der Waals surface area contributed by atoms with Crippen LogP contribution < -0.4 is 14.8 Å². The van der Waals surface area contributed by atoms with Crippen molar-refractivity contribution in [2.45, 2.75) is 13.0 Å². The molecule has 0 heterocycles. The molecule has 8 heteroatoms. The summed E-state index contributed by atoms with van der Waals surface area (Å²) in [5.74, 6) is -1.86. The summed E-state index contributed by atoms with van der Waals surface area (Å²) in [6, 6.07) is 3.46. The molecule has 0 aromatic heterocycles. The van der Waals surface area contributed by atoms with Gasteiger partial charge >= 0.3 is 13.0 Å². The maximum Gasteiger partial charge on any atom is 0.387 e. The first-order valence-electron chi connectivity index (χ1n) is 4.66. The molecule has 100 valence electrons. The summed E-state index contributed by atoms with van der Waals surface area (Å²) in [7, 11) is 1.29. The molecule has 0 fully saturated rings. The van der Waals surface area contributed by atoms with Crippen molar-refractivity contribution >= 4 is 11.6 Å². The van der Waals surface area contributed by atoms with Crippen LogP contribution in [0.3, 0.4) is 0 Å². The second-order valence-electron chi connectivity index (χ2n) is 3.03. The highest BCUT2D eigenvalue weighted by atomic mass is 19.3. The average Bonchev–Trinajstić information content (AvgIpc) is 2.30. The van der Waals surface area contributed by atoms with Gasteiger partial charge in [0, 0.05) is 6.07 Å². The van der Waals surface area contributed by atoms with E-state index < -0.39 is 24.7 Å². The van der Waals surface area contributed by atoms with Crippen molar-refractivity contribution in [3.05, 3.63) is 18.2 Å². The molecule has 0 radical (unpaired) electrons. The SMILES string of the molecule is COc1ccc(OC(F)F)c(NC(=O)C(F)F)c1. The lowest BCUT2D eigenvalue weighted by Gasteiger charge is -2.12. The van der Waals surface area contributed by atoms with E-state index in [0.717, 1.165) is 12.1 Å². The van der Waals surface area contributed by atoms with Gasteiger partial charge in [-0.25, -0.2) is 0 Å². The number of benzene rings is 1.